The Morgan fingerprint density at radius 2 is 1.56 bits per heavy atom. The molecule has 0 atom stereocenters. The second-order valence-electron chi connectivity index (χ2n) is 5.33. The van der Waals surface area contributed by atoms with Gasteiger partial charge in [-0.05, 0) is 18.2 Å². The lowest BCUT2D eigenvalue weighted by Crippen LogP contribution is -2.09. The number of benzene rings is 3. The summed E-state index contributed by atoms with van der Waals surface area (Å²) in [4.78, 5) is 10.3. The third kappa shape index (κ3) is 3.81. The standard InChI is InChI=1S/C19H16N4O2/c20-18-9-5-4-8-17(18)19(14-6-2-1-3-7-14)22-21-15-10-12-16(13-11-15)23(24)25/h1-13,21H,20H2/b22-19+. The fraction of sp³-hybridized carbons (Fsp3) is 0. The van der Waals surface area contributed by atoms with E-state index in [0.29, 0.717) is 17.1 Å². The molecular weight excluding hydrogens is 316 g/mol. The normalized spacial score (nSPS) is 11.1. The number of nitrogen functional groups attached to an aromatic ring is 1. The predicted octanol–water partition coefficient (Wildman–Crippen LogP) is 4.04. The zero-order valence-corrected chi connectivity index (χ0v) is 13.3. The van der Waals surface area contributed by atoms with Crippen LogP contribution in [0.1, 0.15) is 11.1 Å². The van der Waals surface area contributed by atoms with E-state index >= 15 is 0 Å². The fourth-order valence-corrected chi connectivity index (χ4v) is 2.37. The van der Waals surface area contributed by atoms with E-state index in [4.69, 9.17) is 5.73 Å². The van der Waals surface area contributed by atoms with Gasteiger partial charge in [-0.2, -0.15) is 5.10 Å². The molecule has 0 aromatic heterocycles. The molecule has 3 N–H and O–H groups in total. The highest BCUT2D eigenvalue weighted by atomic mass is 16.6. The lowest BCUT2D eigenvalue weighted by atomic mass is 10.0. The highest BCUT2D eigenvalue weighted by Gasteiger charge is 2.10. The lowest BCUT2D eigenvalue weighted by molar-refractivity contribution is -0.384. The molecule has 6 heteroatoms. The van der Waals surface area contributed by atoms with Gasteiger partial charge in [-0.3, -0.25) is 15.5 Å². The zero-order valence-electron chi connectivity index (χ0n) is 13.3. The SMILES string of the molecule is Nc1ccccc1/C(=N/Nc1ccc([N+](=O)[O-])cc1)c1ccccc1. The Balaban J connectivity index is 1.96. The molecule has 0 saturated carbocycles. The van der Waals surface area contributed by atoms with Crippen molar-refractivity contribution >= 4 is 22.8 Å². The van der Waals surface area contributed by atoms with Crippen LogP contribution in [0.2, 0.25) is 0 Å². The second kappa shape index (κ2) is 7.27. The summed E-state index contributed by atoms with van der Waals surface area (Å²) < 4.78 is 0. The van der Waals surface area contributed by atoms with Crippen molar-refractivity contribution in [2.75, 3.05) is 11.2 Å². The fourth-order valence-electron chi connectivity index (χ4n) is 2.37. The molecule has 0 saturated heterocycles. The number of nitrogens with two attached hydrogens (primary N) is 1. The monoisotopic (exact) mass is 332 g/mol. The number of rotatable bonds is 5. The number of anilines is 2. The molecule has 0 fully saturated rings. The molecule has 0 aliphatic rings. The topological polar surface area (TPSA) is 93.5 Å². The minimum atomic E-state index is -0.437. The maximum Gasteiger partial charge on any atom is 0.269 e. The molecule has 0 spiro atoms. The van der Waals surface area contributed by atoms with E-state index in [0.717, 1.165) is 11.1 Å². The number of non-ortho nitro benzene ring substituents is 1. The average Bonchev–Trinajstić information content (AvgIpc) is 2.64. The third-order valence-corrected chi connectivity index (χ3v) is 3.64. The zero-order chi connectivity index (χ0) is 17.6. The molecule has 0 heterocycles. The van der Waals surface area contributed by atoms with Gasteiger partial charge in [0.05, 0.1) is 16.3 Å². The van der Waals surface area contributed by atoms with E-state index in [1.54, 1.807) is 12.1 Å². The summed E-state index contributed by atoms with van der Waals surface area (Å²) in [5.74, 6) is 0. The summed E-state index contributed by atoms with van der Waals surface area (Å²) in [6, 6.07) is 23.2. The Morgan fingerprint density at radius 3 is 2.20 bits per heavy atom. The van der Waals surface area contributed by atoms with E-state index in [1.165, 1.54) is 12.1 Å². The first kappa shape index (κ1) is 16.2. The lowest BCUT2D eigenvalue weighted by Gasteiger charge is -2.10. The van der Waals surface area contributed by atoms with Crippen LogP contribution in [-0.2, 0) is 0 Å². The summed E-state index contributed by atoms with van der Waals surface area (Å²) in [6.45, 7) is 0. The van der Waals surface area contributed by atoms with Crippen LogP contribution in [0.3, 0.4) is 0 Å². The molecule has 0 unspecified atom stereocenters. The van der Waals surface area contributed by atoms with E-state index in [1.807, 2.05) is 54.6 Å². The van der Waals surface area contributed by atoms with Gasteiger partial charge >= 0.3 is 0 Å². The van der Waals surface area contributed by atoms with Gasteiger partial charge < -0.3 is 5.73 Å². The summed E-state index contributed by atoms with van der Waals surface area (Å²) in [5.41, 5.74) is 12.8. The Hall–Kier alpha value is -3.67. The molecule has 124 valence electrons. The van der Waals surface area contributed by atoms with Crippen molar-refractivity contribution in [3.05, 3.63) is 100 Å². The number of hydrogen-bond donors (Lipinski definition) is 2. The molecule has 0 bridgehead atoms. The Bertz CT molecular complexity index is 906. The summed E-state index contributed by atoms with van der Waals surface area (Å²) in [7, 11) is 0. The van der Waals surface area contributed by atoms with Gasteiger partial charge in [0.25, 0.3) is 5.69 Å². The highest BCUT2D eigenvalue weighted by Crippen LogP contribution is 2.19. The Morgan fingerprint density at radius 1 is 0.920 bits per heavy atom. The van der Waals surface area contributed by atoms with Gasteiger partial charge in [0.2, 0.25) is 0 Å². The van der Waals surface area contributed by atoms with Crippen molar-refractivity contribution in [2.45, 2.75) is 0 Å². The van der Waals surface area contributed by atoms with Crippen LogP contribution in [0.25, 0.3) is 0 Å². The van der Waals surface area contributed by atoms with Gasteiger partial charge in [0.1, 0.15) is 0 Å². The van der Waals surface area contributed by atoms with Crippen LogP contribution in [0.4, 0.5) is 17.1 Å². The number of hydrazone groups is 1. The molecule has 0 aliphatic carbocycles. The predicted molar refractivity (Wildman–Crippen MR) is 99.7 cm³/mol. The maximum atomic E-state index is 10.7. The number of nitrogens with one attached hydrogen (secondary N) is 1. The molecule has 3 aromatic carbocycles. The minimum Gasteiger partial charge on any atom is -0.398 e. The van der Waals surface area contributed by atoms with Crippen LogP contribution in [0, 0.1) is 10.1 Å². The number of nitrogens with zero attached hydrogens (tertiary/aromatic N) is 2. The van der Waals surface area contributed by atoms with E-state index in [9.17, 15) is 10.1 Å². The van der Waals surface area contributed by atoms with Gasteiger partial charge in [-0.1, -0.05) is 48.5 Å². The quantitative estimate of drug-likeness (QED) is 0.319. The molecule has 25 heavy (non-hydrogen) atoms. The van der Waals surface area contributed by atoms with Gasteiger partial charge in [0, 0.05) is 28.9 Å². The van der Waals surface area contributed by atoms with Crippen molar-refractivity contribution < 1.29 is 4.92 Å². The number of para-hydroxylation sites is 1. The number of hydrogen-bond acceptors (Lipinski definition) is 5. The van der Waals surface area contributed by atoms with Crippen molar-refractivity contribution in [3.8, 4) is 0 Å². The molecule has 0 aliphatic heterocycles. The first-order chi connectivity index (χ1) is 12.1. The molecule has 3 aromatic rings. The summed E-state index contributed by atoms with van der Waals surface area (Å²) >= 11 is 0. The maximum absolute atomic E-state index is 10.7. The minimum absolute atomic E-state index is 0.0325. The van der Waals surface area contributed by atoms with Gasteiger partial charge in [-0.15, -0.1) is 0 Å². The Kier molecular flexibility index (Phi) is 4.71. The van der Waals surface area contributed by atoms with Gasteiger partial charge in [-0.25, -0.2) is 0 Å². The smallest absolute Gasteiger partial charge is 0.269 e. The first-order valence-corrected chi connectivity index (χ1v) is 7.63. The largest absolute Gasteiger partial charge is 0.398 e. The van der Waals surface area contributed by atoms with Crippen LogP contribution in [0.5, 0.6) is 0 Å². The summed E-state index contributed by atoms with van der Waals surface area (Å²) in [5, 5.41) is 15.2. The third-order valence-electron chi connectivity index (χ3n) is 3.64. The highest BCUT2D eigenvalue weighted by molar-refractivity contribution is 6.15. The van der Waals surface area contributed by atoms with Crippen LogP contribution >= 0.6 is 0 Å². The number of nitro groups is 1. The van der Waals surface area contributed by atoms with E-state index < -0.39 is 4.92 Å². The van der Waals surface area contributed by atoms with Crippen LogP contribution < -0.4 is 11.2 Å². The average molecular weight is 332 g/mol. The van der Waals surface area contributed by atoms with Crippen LogP contribution in [-0.4, -0.2) is 10.6 Å². The molecule has 0 radical (unpaired) electrons. The van der Waals surface area contributed by atoms with E-state index in [-0.39, 0.29) is 5.69 Å². The molecular formula is C19H16N4O2. The Labute approximate surface area is 144 Å². The van der Waals surface area contributed by atoms with Crippen molar-refractivity contribution in [1.29, 1.82) is 0 Å². The van der Waals surface area contributed by atoms with Crippen molar-refractivity contribution in [1.82, 2.24) is 0 Å². The van der Waals surface area contributed by atoms with Crippen molar-refractivity contribution in [2.24, 2.45) is 5.10 Å². The number of nitro benzene ring substituents is 1. The van der Waals surface area contributed by atoms with Crippen LogP contribution in [0.15, 0.2) is 84.0 Å². The first-order valence-electron chi connectivity index (χ1n) is 7.63. The molecule has 6 nitrogen and oxygen atoms in total. The van der Waals surface area contributed by atoms with E-state index in [2.05, 4.69) is 10.5 Å². The van der Waals surface area contributed by atoms with Gasteiger partial charge in [0.15, 0.2) is 0 Å². The molecule has 0 amide bonds. The second-order valence-corrected chi connectivity index (χ2v) is 5.33. The van der Waals surface area contributed by atoms with Crippen molar-refractivity contribution in [3.63, 3.8) is 0 Å². The summed E-state index contributed by atoms with van der Waals surface area (Å²) in [6.07, 6.45) is 0. The molecule has 3 rings (SSSR count).